The van der Waals surface area contributed by atoms with Gasteiger partial charge in [-0.3, -0.25) is 14.1 Å². The smallest absolute Gasteiger partial charge is 0.311 e. The molecule has 0 radical (unpaired) electrons. The van der Waals surface area contributed by atoms with E-state index in [-0.39, 0.29) is 54.7 Å². The lowest BCUT2D eigenvalue weighted by atomic mass is 9.89. The van der Waals surface area contributed by atoms with Crippen LogP contribution in [0, 0.1) is 5.92 Å². The highest BCUT2D eigenvalue weighted by Crippen LogP contribution is 2.32. The minimum absolute atomic E-state index is 0.0733. The Morgan fingerprint density at radius 2 is 0.881 bits per heavy atom. The van der Waals surface area contributed by atoms with Crippen molar-refractivity contribution in [2.24, 2.45) is 5.92 Å². The molecule has 292 valence electrons. The van der Waals surface area contributed by atoms with E-state index in [9.17, 15) is 14.4 Å². The molecule has 0 aliphatic rings. The molecule has 2 amide bonds. The van der Waals surface area contributed by atoms with Gasteiger partial charge in [0, 0.05) is 31.0 Å². The minimum Gasteiger partial charge on any atom is -0.328 e. The molecule has 0 bridgehead atoms. The first kappa shape index (κ1) is 39.1. The molecule has 0 aliphatic carbocycles. The van der Waals surface area contributed by atoms with E-state index in [2.05, 4.69) is 12.1 Å². The number of hydrogen-bond donors (Lipinski definition) is 0. The molecule has 2 atom stereocenters. The molecular formula is C53H47N2O4+. The van der Waals surface area contributed by atoms with Crippen molar-refractivity contribution >= 4 is 67.0 Å². The Morgan fingerprint density at radius 1 is 0.508 bits per heavy atom. The third-order valence-electron chi connectivity index (χ3n) is 12.1. The number of amides is 2. The lowest BCUT2D eigenvalue weighted by molar-refractivity contribution is -0.881. The van der Waals surface area contributed by atoms with E-state index in [1.54, 1.807) is 11.8 Å². The number of hydrogen-bond acceptors (Lipinski definition) is 4. The fraction of sp³-hybridized carbons (Fsp3) is 0.170. The number of quaternary nitrogens is 1. The summed E-state index contributed by atoms with van der Waals surface area (Å²) in [5, 5.41) is 8.12. The van der Waals surface area contributed by atoms with Crippen LogP contribution in [-0.2, 0) is 45.2 Å². The minimum atomic E-state index is -1.21. The van der Waals surface area contributed by atoms with Gasteiger partial charge in [-0.05, 0) is 54.2 Å². The number of nitrogens with zero attached hydrogens (tertiary/aromatic N) is 2. The SMILES string of the molecule is CC(=O)N(Cc1cccc2ccccc12)C(Cc1cccc2ccccc12)C(=O)C(C=O)C[N+](Cc1cccc2ccccc12)(Cc1cccc2ccccc12)C(C)=O. The van der Waals surface area contributed by atoms with Crippen LogP contribution in [0.1, 0.15) is 36.1 Å². The Kier molecular flexibility index (Phi) is 11.3. The first-order valence-corrected chi connectivity index (χ1v) is 20.2. The summed E-state index contributed by atoms with van der Waals surface area (Å²) in [5.41, 5.74) is 3.69. The molecule has 8 aromatic rings. The second-order valence-electron chi connectivity index (χ2n) is 15.7. The van der Waals surface area contributed by atoms with E-state index in [0.29, 0.717) is 6.29 Å². The number of rotatable bonds is 14. The molecule has 8 rings (SSSR count). The average molecular weight is 776 g/mol. The van der Waals surface area contributed by atoms with Gasteiger partial charge in [-0.2, -0.15) is 0 Å². The van der Waals surface area contributed by atoms with E-state index >= 15 is 4.79 Å². The van der Waals surface area contributed by atoms with Crippen LogP contribution in [0.15, 0.2) is 170 Å². The first-order valence-electron chi connectivity index (χ1n) is 20.2. The summed E-state index contributed by atoms with van der Waals surface area (Å²) < 4.78 is -0.179. The van der Waals surface area contributed by atoms with Gasteiger partial charge in [0.25, 0.3) is 0 Å². The Bertz CT molecular complexity index is 2760. The van der Waals surface area contributed by atoms with Crippen molar-refractivity contribution in [3.63, 3.8) is 0 Å². The van der Waals surface area contributed by atoms with Crippen molar-refractivity contribution in [2.45, 2.75) is 45.9 Å². The third kappa shape index (κ3) is 8.05. The predicted molar refractivity (Wildman–Crippen MR) is 237 cm³/mol. The van der Waals surface area contributed by atoms with Crippen LogP contribution in [0.2, 0.25) is 0 Å². The van der Waals surface area contributed by atoms with Crippen molar-refractivity contribution in [3.05, 3.63) is 192 Å². The highest BCUT2D eigenvalue weighted by molar-refractivity contribution is 6.00. The number of Topliss-reactive ketones (excluding diaryl/α,β-unsaturated/α-hetero) is 1. The summed E-state index contributed by atoms with van der Waals surface area (Å²) >= 11 is 0. The molecule has 0 heterocycles. The number of fused-ring (bicyclic) bond motifs is 4. The first-order chi connectivity index (χ1) is 28.7. The number of carbonyl (C=O) groups excluding carboxylic acids is 4. The van der Waals surface area contributed by atoms with Crippen LogP contribution >= 0.6 is 0 Å². The molecule has 0 aromatic heterocycles. The van der Waals surface area contributed by atoms with Crippen molar-refractivity contribution < 1.29 is 23.7 Å². The van der Waals surface area contributed by atoms with Gasteiger partial charge in [-0.15, -0.1) is 0 Å². The lowest BCUT2D eigenvalue weighted by Crippen LogP contribution is -2.56. The Balaban J connectivity index is 1.25. The summed E-state index contributed by atoms with van der Waals surface area (Å²) in [5.74, 6) is -2.03. The van der Waals surface area contributed by atoms with Gasteiger partial charge >= 0.3 is 5.91 Å². The van der Waals surface area contributed by atoms with Gasteiger partial charge in [0.1, 0.15) is 31.8 Å². The predicted octanol–water partition coefficient (Wildman–Crippen LogP) is 10.4. The number of ketones is 1. The van der Waals surface area contributed by atoms with Gasteiger partial charge in [0.2, 0.25) is 5.91 Å². The fourth-order valence-electron chi connectivity index (χ4n) is 8.97. The molecular weight excluding hydrogens is 729 g/mol. The summed E-state index contributed by atoms with van der Waals surface area (Å²) in [6, 6.07) is 55.3. The Hall–Kier alpha value is -6.76. The van der Waals surface area contributed by atoms with E-state index < -0.39 is 12.0 Å². The van der Waals surface area contributed by atoms with Crippen LogP contribution in [0.25, 0.3) is 43.1 Å². The highest BCUT2D eigenvalue weighted by Gasteiger charge is 2.43. The molecule has 0 aliphatic heterocycles. The Morgan fingerprint density at radius 3 is 1.31 bits per heavy atom. The molecule has 59 heavy (non-hydrogen) atoms. The van der Waals surface area contributed by atoms with Gasteiger partial charge in [-0.25, -0.2) is 4.79 Å². The molecule has 6 heteroatoms. The molecule has 2 unspecified atom stereocenters. The van der Waals surface area contributed by atoms with E-state index in [1.807, 2.05) is 158 Å². The summed E-state index contributed by atoms with van der Waals surface area (Å²) in [7, 11) is 0. The Labute approximate surface area is 344 Å². The van der Waals surface area contributed by atoms with Crippen molar-refractivity contribution in [1.29, 1.82) is 0 Å². The molecule has 0 N–H and O–H groups in total. The second kappa shape index (κ2) is 17.0. The molecule has 8 aromatic carbocycles. The zero-order chi connectivity index (χ0) is 40.9. The van der Waals surface area contributed by atoms with Crippen molar-refractivity contribution in [2.75, 3.05) is 6.54 Å². The van der Waals surface area contributed by atoms with E-state index in [1.165, 1.54) is 6.92 Å². The van der Waals surface area contributed by atoms with Crippen molar-refractivity contribution in [3.8, 4) is 0 Å². The molecule has 0 spiro atoms. The fourth-order valence-corrected chi connectivity index (χ4v) is 8.97. The monoisotopic (exact) mass is 775 g/mol. The average Bonchev–Trinajstić information content (AvgIpc) is 3.26. The van der Waals surface area contributed by atoms with Crippen LogP contribution < -0.4 is 0 Å². The maximum absolute atomic E-state index is 15.5. The maximum Gasteiger partial charge on any atom is 0.311 e. The molecule has 6 nitrogen and oxygen atoms in total. The highest BCUT2D eigenvalue weighted by atomic mass is 16.2. The van der Waals surface area contributed by atoms with Crippen LogP contribution in [0.5, 0.6) is 0 Å². The van der Waals surface area contributed by atoms with Gasteiger partial charge in [-0.1, -0.05) is 170 Å². The van der Waals surface area contributed by atoms with Crippen LogP contribution in [-0.4, -0.2) is 45.9 Å². The summed E-state index contributed by atoms with van der Waals surface area (Å²) in [6.45, 7) is 3.67. The topological polar surface area (TPSA) is 71.5 Å². The standard InChI is InChI=1S/C53H47N2O4/c1-37(57)54(32-44-24-12-20-40-16-4-8-28-49(40)44)52(31-43-23-11-19-39-15-3-7-27-48(39)43)53(59)47(36-56)35-55(38(2)58,33-45-25-13-21-41-17-5-9-29-50(41)45)34-46-26-14-22-42-18-6-10-30-51(42)46/h3-30,36,47,52H,31-35H2,1-2H3/q+1. The molecule has 0 saturated heterocycles. The van der Waals surface area contributed by atoms with Crippen LogP contribution in [0.4, 0.5) is 0 Å². The number of carbonyl (C=O) groups is 4. The summed E-state index contributed by atoms with van der Waals surface area (Å²) in [4.78, 5) is 59.2. The van der Waals surface area contributed by atoms with Gasteiger partial charge in [0.15, 0.2) is 5.78 Å². The van der Waals surface area contributed by atoms with Gasteiger partial charge in [0.05, 0.1) is 13.0 Å². The van der Waals surface area contributed by atoms with E-state index in [4.69, 9.17) is 0 Å². The number of aldehydes is 1. The summed E-state index contributed by atoms with van der Waals surface area (Å²) in [6.07, 6.45) is 0.901. The zero-order valence-electron chi connectivity index (χ0n) is 33.5. The molecule has 0 saturated carbocycles. The molecule has 0 fully saturated rings. The maximum atomic E-state index is 15.5. The second-order valence-corrected chi connectivity index (χ2v) is 15.7. The largest absolute Gasteiger partial charge is 0.328 e. The quantitative estimate of drug-likeness (QED) is 0.0627. The van der Waals surface area contributed by atoms with E-state index in [0.717, 1.165) is 65.3 Å². The van der Waals surface area contributed by atoms with Crippen LogP contribution in [0.3, 0.4) is 0 Å². The lowest BCUT2D eigenvalue weighted by Gasteiger charge is -2.39. The number of benzene rings is 8. The normalized spacial score (nSPS) is 12.7. The zero-order valence-corrected chi connectivity index (χ0v) is 33.5. The van der Waals surface area contributed by atoms with Gasteiger partial charge < -0.3 is 9.69 Å². The van der Waals surface area contributed by atoms with Crippen molar-refractivity contribution in [1.82, 2.24) is 4.90 Å². The third-order valence-corrected chi connectivity index (χ3v) is 12.1.